The maximum atomic E-state index is 12.3. The Hall–Kier alpha value is -2.35. The van der Waals surface area contributed by atoms with Crippen molar-refractivity contribution in [2.75, 3.05) is 5.32 Å². The van der Waals surface area contributed by atoms with Crippen LogP contribution in [0.3, 0.4) is 0 Å². The molecule has 0 aromatic heterocycles. The SMILES string of the molecule is O=C1C2=C(Nc3ccccc3C2)c2ccccc21. The standard InChI is InChI=1S/C16H11NO/c18-16-12-7-3-2-6-11(12)15-13(16)9-10-5-1-4-8-14(10)17-15/h1-8,17H,9H2. The highest BCUT2D eigenvalue weighted by atomic mass is 16.1. The van der Waals surface area contributed by atoms with Crippen LogP contribution in [0.25, 0.3) is 5.70 Å². The predicted octanol–water partition coefficient (Wildman–Crippen LogP) is 3.26. The van der Waals surface area contributed by atoms with Gasteiger partial charge in [0, 0.05) is 28.8 Å². The number of benzene rings is 2. The minimum absolute atomic E-state index is 0.169. The van der Waals surface area contributed by atoms with E-state index in [0.717, 1.165) is 34.5 Å². The van der Waals surface area contributed by atoms with E-state index in [-0.39, 0.29) is 5.78 Å². The largest absolute Gasteiger partial charge is 0.354 e. The molecule has 2 nitrogen and oxygen atoms in total. The van der Waals surface area contributed by atoms with Gasteiger partial charge in [0.25, 0.3) is 0 Å². The molecule has 0 amide bonds. The number of hydrogen-bond acceptors (Lipinski definition) is 2. The lowest BCUT2D eigenvalue weighted by Crippen LogP contribution is -2.11. The van der Waals surface area contributed by atoms with E-state index in [2.05, 4.69) is 17.4 Å². The number of allylic oxidation sites excluding steroid dienone is 1. The molecule has 1 N–H and O–H groups in total. The van der Waals surface area contributed by atoms with E-state index in [1.807, 2.05) is 36.4 Å². The van der Waals surface area contributed by atoms with Crippen LogP contribution < -0.4 is 5.32 Å². The van der Waals surface area contributed by atoms with E-state index in [1.54, 1.807) is 0 Å². The second-order valence-electron chi connectivity index (χ2n) is 4.69. The molecule has 2 heteroatoms. The maximum absolute atomic E-state index is 12.3. The molecule has 0 radical (unpaired) electrons. The monoisotopic (exact) mass is 233 g/mol. The van der Waals surface area contributed by atoms with Crippen molar-refractivity contribution < 1.29 is 4.79 Å². The number of hydrogen-bond donors (Lipinski definition) is 1. The molecule has 0 saturated carbocycles. The minimum atomic E-state index is 0.169. The Morgan fingerprint density at radius 3 is 2.50 bits per heavy atom. The number of fused-ring (bicyclic) bond motifs is 3. The summed E-state index contributed by atoms with van der Waals surface area (Å²) < 4.78 is 0. The summed E-state index contributed by atoms with van der Waals surface area (Å²) in [6.45, 7) is 0. The minimum Gasteiger partial charge on any atom is -0.354 e. The third-order valence-electron chi connectivity index (χ3n) is 3.66. The summed E-state index contributed by atoms with van der Waals surface area (Å²) >= 11 is 0. The molecule has 1 aliphatic carbocycles. The molecule has 4 rings (SSSR count). The van der Waals surface area contributed by atoms with Gasteiger partial charge in [0.15, 0.2) is 5.78 Å². The summed E-state index contributed by atoms with van der Waals surface area (Å²) in [6, 6.07) is 16.0. The fraction of sp³-hybridized carbons (Fsp3) is 0.0625. The lowest BCUT2D eigenvalue weighted by molar-refractivity contribution is 0.103. The van der Waals surface area contributed by atoms with E-state index >= 15 is 0 Å². The molecule has 1 aliphatic heterocycles. The van der Waals surface area contributed by atoms with Crippen molar-refractivity contribution in [2.45, 2.75) is 6.42 Å². The summed E-state index contributed by atoms with van der Waals surface area (Å²) in [5.41, 5.74) is 6.05. The first kappa shape index (κ1) is 9.66. The molecule has 0 spiro atoms. The van der Waals surface area contributed by atoms with Crippen LogP contribution in [0.5, 0.6) is 0 Å². The van der Waals surface area contributed by atoms with Crippen molar-refractivity contribution >= 4 is 17.2 Å². The van der Waals surface area contributed by atoms with Gasteiger partial charge in [0.1, 0.15) is 0 Å². The summed E-state index contributed by atoms with van der Waals surface area (Å²) in [4.78, 5) is 12.3. The molecule has 1 heterocycles. The molecule has 0 fully saturated rings. The van der Waals surface area contributed by atoms with Gasteiger partial charge in [0.05, 0.1) is 5.70 Å². The van der Waals surface area contributed by atoms with Gasteiger partial charge in [-0.15, -0.1) is 0 Å². The average Bonchev–Trinajstić information content (AvgIpc) is 2.71. The fourth-order valence-electron chi connectivity index (χ4n) is 2.77. The molecule has 0 atom stereocenters. The Bertz CT molecular complexity index is 713. The zero-order valence-electron chi connectivity index (χ0n) is 9.73. The van der Waals surface area contributed by atoms with Gasteiger partial charge in [-0.25, -0.2) is 0 Å². The van der Waals surface area contributed by atoms with Crippen molar-refractivity contribution in [3.05, 3.63) is 70.8 Å². The first-order valence-corrected chi connectivity index (χ1v) is 6.07. The maximum Gasteiger partial charge on any atom is 0.192 e. The Balaban J connectivity index is 1.91. The fourth-order valence-corrected chi connectivity index (χ4v) is 2.77. The van der Waals surface area contributed by atoms with Crippen molar-refractivity contribution in [1.29, 1.82) is 0 Å². The Morgan fingerprint density at radius 1 is 0.889 bits per heavy atom. The predicted molar refractivity (Wildman–Crippen MR) is 71.5 cm³/mol. The van der Waals surface area contributed by atoms with Crippen molar-refractivity contribution in [1.82, 2.24) is 0 Å². The van der Waals surface area contributed by atoms with E-state index in [0.29, 0.717) is 0 Å². The Labute approximate surface area is 105 Å². The van der Waals surface area contributed by atoms with E-state index in [9.17, 15) is 4.79 Å². The van der Waals surface area contributed by atoms with Crippen LogP contribution in [-0.2, 0) is 6.42 Å². The van der Waals surface area contributed by atoms with Crippen LogP contribution in [0.2, 0.25) is 0 Å². The number of para-hydroxylation sites is 1. The highest BCUT2D eigenvalue weighted by Crippen LogP contribution is 2.39. The summed E-state index contributed by atoms with van der Waals surface area (Å²) in [7, 11) is 0. The van der Waals surface area contributed by atoms with Crippen LogP contribution in [0.4, 0.5) is 5.69 Å². The molecule has 0 saturated heterocycles. The quantitative estimate of drug-likeness (QED) is 0.756. The number of carbonyl (C=O) groups is 1. The lowest BCUT2D eigenvalue weighted by atomic mass is 9.97. The van der Waals surface area contributed by atoms with Crippen molar-refractivity contribution in [2.24, 2.45) is 0 Å². The third-order valence-corrected chi connectivity index (χ3v) is 3.66. The van der Waals surface area contributed by atoms with Gasteiger partial charge in [-0.2, -0.15) is 0 Å². The zero-order valence-corrected chi connectivity index (χ0v) is 9.73. The highest BCUT2D eigenvalue weighted by Gasteiger charge is 2.32. The van der Waals surface area contributed by atoms with Crippen molar-refractivity contribution in [3.63, 3.8) is 0 Å². The summed E-state index contributed by atoms with van der Waals surface area (Å²) in [6.07, 6.45) is 0.728. The average molecular weight is 233 g/mol. The van der Waals surface area contributed by atoms with Gasteiger partial charge in [-0.1, -0.05) is 42.5 Å². The van der Waals surface area contributed by atoms with Crippen molar-refractivity contribution in [3.8, 4) is 0 Å². The number of carbonyl (C=O) groups excluding carboxylic acids is 1. The first-order chi connectivity index (χ1) is 8.84. The van der Waals surface area contributed by atoms with Gasteiger partial charge in [0.2, 0.25) is 0 Å². The molecule has 2 aromatic rings. The smallest absolute Gasteiger partial charge is 0.192 e. The number of Topliss-reactive ketones (excluding diaryl/α,β-unsaturated/α-hetero) is 1. The lowest BCUT2D eigenvalue weighted by Gasteiger charge is -2.19. The highest BCUT2D eigenvalue weighted by molar-refractivity contribution is 6.22. The zero-order chi connectivity index (χ0) is 12.1. The first-order valence-electron chi connectivity index (χ1n) is 6.07. The molecule has 2 aromatic carbocycles. The second kappa shape index (κ2) is 3.33. The molecule has 2 aliphatic rings. The normalized spacial score (nSPS) is 15.9. The van der Waals surface area contributed by atoms with Crippen LogP contribution in [0.15, 0.2) is 54.1 Å². The topological polar surface area (TPSA) is 29.1 Å². The Morgan fingerprint density at radius 2 is 1.61 bits per heavy atom. The third kappa shape index (κ3) is 1.15. The van der Waals surface area contributed by atoms with Gasteiger partial charge in [-0.05, 0) is 11.6 Å². The number of ketones is 1. The van der Waals surface area contributed by atoms with Crippen LogP contribution in [0, 0.1) is 0 Å². The number of nitrogens with one attached hydrogen (secondary N) is 1. The molecular weight excluding hydrogens is 222 g/mol. The molecule has 0 unspecified atom stereocenters. The number of anilines is 1. The van der Waals surface area contributed by atoms with Gasteiger partial charge < -0.3 is 5.32 Å². The molecular formula is C16H11NO. The number of rotatable bonds is 0. The Kier molecular flexibility index (Phi) is 1.78. The summed E-state index contributed by atoms with van der Waals surface area (Å²) in [5, 5.41) is 3.40. The van der Waals surface area contributed by atoms with E-state index in [4.69, 9.17) is 0 Å². The van der Waals surface area contributed by atoms with E-state index < -0.39 is 0 Å². The second-order valence-corrected chi connectivity index (χ2v) is 4.69. The van der Waals surface area contributed by atoms with Crippen LogP contribution in [0.1, 0.15) is 21.5 Å². The summed E-state index contributed by atoms with van der Waals surface area (Å²) in [5.74, 6) is 0.169. The molecule has 0 bridgehead atoms. The van der Waals surface area contributed by atoms with Crippen LogP contribution in [-0.4, -0.2) is 5.78 Å². The van der Waals surface area contributed by atoms with Gasteiger partial charge >= 0.3 is 0 Å². The van der Waals surface area contributed by atoms with Crippen LogP contribution >= 0.6 is 0 Å². The molecule has 18 heavy (non-hydrogen) atoms. The van der Waals surface area contributed by atoms with E-state index in [1.165, 1.54) is 5.56 Å². The van der Waals surface area contributed by atoms with Gasteiger partial charge in [-0.3, -0.25) is 4.79 Å². The molecule has 86 valence electrons.